The Kier molecular flexibility index (Phi) is 3.93. The summed E-state index contributed by atoms with van der Waals surface area (Å²) in [5.41, 5.74) is 5.58. The molecule has 2 rings (SSSR count). The van der Waals surface area contributed by atoms with E-state index in [0.29, 0.717) is 11.5 Å². The number of rotatable bonds is 4. The zero-order valence-corrected chi connectivity index (χ0v) is 10.9. The summed E-state index contributed by atoms with van der Waals surface area (Å²) in [7, 11) is 2.94. The molecule has 0 fully saturated rings. The van der Waals surface area contributed by atoms with Crippen LogP contribution in [-0.4, -0.2) is 14.2 Å². The van der Waals surface area contributed by atoms with Gasteiger partial charge >= 0.3 is 0 Å². The molecule has 0 atom stereocenters. The molecular weight excluding hydrogens is 268 g/mol. The lowest BCUT2D eigenvalue weighted by Gasteiger charge is -2.12. The number of ether oxygens (including phenoxy) is 3. The maximum Gasteiger partial charge on any atom is 0.203 e. The Hall–Kier alpha value is -2.50. The summed E-state index contributed by atoms with van der Waals surface area (Å²) >= 11 is 0. The van der Waals surface area contributed by atoms with Gasteiger partial charge in [-0.1, -0.05) is 0 Å². The van der Waals surface area contributed by atoms with Crippen molar-refractivity contribution in [2.24, 2.45) is 0 Å². The minimum atomic E-state index is -1.15. The van der Waals surface area contributed by atoms with Gasteiger partial charge in [0.1, 0.15) is 17.2 Å². The lowest BCUT2D eigenvalue weighted by molar-refractivity contribution is 0.381. The minimum Gasteiger partial charge on any atom is -0.496 e. The highest BCUT2D eigenvalue weighted by molar-refractivity contribution is 5.55. The van der Waals surface area contributed by atoms with E-state index in [9.17, 15) is 8.78 Å². The summed E-state index contributed by atoms with van der Waals surface area (Å²) in [4.78, 5) is 0. The number of methoxy groups -OCH3 is 2. The van der Waals surface area contributed by atoms with E-state index < -0.39 is 11.6 Å². The monoisotopic (exact) mass is 281 g/mol. The zero-order chi connectivity index (χ0) is 14.7. The van der Waals surface area contributed by atoms with E-state index in [0.717, 1.165) is 6.07 Å². The van der Waals surface area contributed by atoms with Crippen LogP contribution in [0.5, 0.6) is 23.0 Å². The molecule has 2 aromatic carbocycles. The normalized spacial score (nSPS) is 10.2. The number of nitrogen functional groups attached to an aromatic ring is 1. The number of hydrogen-bond donors (Lipinski definition) is 1. The SMILES string of the molecule is COc1cc(OC)cc(Oc2c(N)ccc(F)c2F)c1. The van der Waals surface area contributed by atoms with Crippen LogP contribution in [0.3, 0.4) is 0 Å². The fourth-order valence-electron chi connectivity index (χ4n) is 1.61. The summed E-state index contributed by atoms with van der Waals surface area (Å²) < 4.78 is 42.3. The molecule has 0 saturated heterocycles. The van der Waals surface area contributed by atoms with Crippen molar-refractivity contribution in [2.75, 3.05) is 20.0 Å². The van der Waals surface area contributed by atoms with Crippen LogP contribution in [0.2, 0.25) is 0 Å². The molecule has 0 aromatic heterocycles. The number of halogens is 2. The second-order valence-electron chi connectivity index (χ2n) is 3.93. The third-order valence-corrected chi connectivity index (χ3v) is 2.63. The van der Waals surface area contributed by atoms with E-state index >= 15 is 0 Å². The van der Waals surface area contributed by atoms with E-state index in [-0.39, 0.29) is 17.2 Å². The van der Waals surface area contributed by atoms with Crippen LogP contribution in [0.15, 0.2) is 30.3 Å². The molecule has 4 nitrogen and oxygen atoms in total. The van der Waals surface area contributed by atoms with Crippen molar-refractivity contribution < 1.29 is 23.0 Å². The average Bonchev–Trinajstić information content (AvgIpc) is 2.47. The van der Waals surface area contributed by atoms with Gasteiger partial charge in [0.05, 0.1) is 19.9 Å². The second-order valence-corrected chi connectivity index (χ2v) is 3.93. The molecule has 0 aliphatic heterocycles. The number of hydrogen-bond acceptors (Lipinski definition) is 4. The van der Waals surface area contributed by atoms with Gasteiger partial charge in [-0.25, -0.2) is 4.39 Å². The second kappa shape index (κ2) is 5.64. The average molecular weight is 281 g/mol. The van der Waals surface area contributed by atoms with Gasteiger partial charge in [0, 0.05) is 18.2 Å². The maximum atomic E-state index is 13.7. The number of benzene rings is 2. The molecule has 6 heteroatoms. The van der Waals surface area contributed by atoms with Gasteiger partial charge in [0.2, 0.25) is 5.82 Å². The lowest BCUT2D eigenvalue weighted by atomic mass is 10.2. The van der Waals surface area contributed by atoms with E-state index in [1.807, 2.05) is 0 Å². The summed E-state index contributed by atoms with van der Waals surface area (Å²) in [6.45, 7) is 0. The summed E-state index contributed by atoms with van der Waals surface area (Å²) in [5, 5.41) is 0. The fraction of sp³-hybridized carbons (Fsp3) is 0.143. The quantitative estimate of drug-likeness (QED) is 0.873. The van der Waals surface area contributed by atoms with Gasteiger partial charge in [-0.05, 0) is 12.1 Å². The van der Waals surface area contributed by atoms with Crippen LogP contribution in [0.1, 0.15) is 0 Å². The van der Waals surface area contributed by atoms with E-state index in [4.69, 9.17) is 19.9 Å². The highest BCUT2D eigenvalue weighted by Gasteiger charge is 2.15. The van der Waals surface area contributed by atoms with Gasteiger partial charge in [-0.3, -0.25) is 0 Å². The molecule has 2 N–H and O–H groups in total. The van der Waals surface area contributed by atoms with Crippen molar-refractivity contribution >= 4 is 5.69 Å². The summed E-state index contributed by atoms with van der Waals surface area (Å²) in [6.07, 6.45) is 0. The number of anilines is 1. The standard InChI is InChI=1S/C14H13F2NO3/c1-18-8-5-9(19-2)7-10(6-8)20-14-12(17)4-3-11(15)13(14)16/h3-7H,17H2,1-2H3. The highest BCUT2D eigenvalue weighted by Crippen LogP contribution is 2.35. The Bertz CT molecular complexity index is 610. The molecule has 2 aromatic rings. The van der Waals surface area contributed by atoms with Gasteiger partial charge in [0.15, 0.2) is 11.6 Å². The molecular formula is C14H13F2NO3. The first-order valence-electron chi connectivity index (χ1n) is 5.69. The molecule has 0 amide bonds. The molecule has 20 heavy (non-hydrogen) atoms. The van der Waals surface area contributed by atoms with E-state index in [1.54, 1.807) is 6.07 Å². The topological polar surface area (TPSA) is 53.7 Å². The Labute approximate surface area is 114 Å². The predicted molar refractivity (Wildman–Crippen MR) is 70.4 cm³/mol. The van der Waals surface area contributed by atoms with Crippen LogP contribution in [0.25, 0.3) is 0 Å². The number of nitrogens with two attached hydrogens (primary N) is 1. The van der Waals surface area contributed by atoms with E-state index in [1.165, 1.54) is 32.4 Å². The van der Waals surface area contributed by atoms with Crippen LogP contribution in [0, 0.1) is 11.6 Å². The predicted octanol–water partition coefficient (Wildman–Crippen LogP) is 3.36. The third-order valence-electron chi connectivity index (χ3n) is 2.63. The minimum absolute atomic E-state index is 0.00862. The maximum absolute atomic E-state index is 13.7. The van der Waals surface area contributed by atoms with Crippen LogP contribution in [0.4, 0.5) is 14.5 Å². The Morgan fingerprint density at radius 1 is 0.900 bits per heavy atom. The zero-order valence-electron chi connectivity index (χ0n) is 10.9. The Morgan fingerprint density at radius 2 is 1.45 bits per heavy atom. The fourth-order valence-corrected chi connectivity index (χ4v) is 1.61. The molecule has 0 saturated carbocycles. The Balaban J connectivity index is 2.42. The van der Waals surface area contributed by atoms with E-state index in [2.05, 4.69) is 0 Å². The van der Waals surface area contributed by atoms with Crippen molar-refractivity contribution in [1.82, 2.24) is 0 Å². The van der Waals surface area contributed by atoms with Crippen LogP contribution >= 0.6 is 0 Å². The van der Waals surface area contributed by atoms with Gasteiger partial charge in [-0.2, -0.15) is 4.39 Å². The molecule has 0 aliphatic carbocycles. The highest BCUT2D eigenvalue weighted by atomic mass is 19.2. The Morgan fingerprint density at radius 3 is 2.00 bits per heavy atom. The van der Waals surface area contributed by atoms with Crippen LogP contribution in [-0.2, 0) is 0 Å². The van der Waals surface area contributed by atoms with Crippen molar-refractivity contribution in [3.05, 3.63) is 42.0 Å². The molecule has 0 radical (unpaired) electrons. The van der Waals surface area contributed by atoms with Crippen LogP contribution < -0.4 is 19.9 Å². The first kappa shape index (κ1) is 13.9. The molecule has 0 spiro atoms. The van der Waals surface area contributed by atoms with Crippen molar-refractivity contribution in [3.63, 3.8) is 0 Å². The molecule has 0 unspecified atom stereocenters. The van der Waals surface area contributed by atoms with Gasteiger partial charge in [0.25, 0.3) is 0 Å². The first-order chi connectivity index (χ1) is 9.55. The van der Waals surface area contributed by atoms with Crippen molar-refractivity contribution in [3.8, 4) is 23.0 Å². The first-order valence-corrected chi connectivity index (χ1v) is 5.69. The summed E-state index contributed by atoms with van der Waals surface area (Å²) in [6, 6.07) is 6.80. The molecule has 0 aliphatic rings. The molecule has 0 heterocycles. The van der Waals surface area contributed by atoms with Gasteiger partial charge in [-0.15, -0.1) is 0 Å². The van der Waals surface area contributed by atoms with Crippen molar-refractivity contribution in [2.45, 2.75) is 0 Å². The third kappa shape index (κ3) is 2.74. The molecule has 106 valence electrons. The van der Waals surface area contributed by atoms with Crippen molar-refractivity contribution in [1.29, 1.82) is 0 Å². The van der Waals surface area contributed by atoms with Gasteiger partial charge < -0.3 is 19.9 Å². The largest absolute Gasteiger partial charge is 0.496 e. The lowest BCUT2D eigenvalue weighted by Crippen LogP contribution is -1.98. The smallest absolute Gasteiger partial charge is 0.203 e. The molecule has 0 bridgehead atoms. The summed E-state index contributed by atoms with van der Waals surface area (Å²) in [5.74, 6) is -1.43.